The van der Waals surface area contributed by atoms with E-state index in [1.54, 1.807) is 11.3 Å². The topological polar surface area (TPSA) is 42.0 Å². The second-order valence-corrected chi connectivity index (χ2v) is 8.87. The third kappa shape index (κ3) is 2.52. The summed E-state index contributed by atoms with van der Waals surface area (Å²) in [6.45, 7) is 2.80. The van der Waals surface area contributed by atoms with Crippen molar-refractivity contribution in [1.82, 2.24) is 10.3 Å². The predicted octanol–water partition coefficient (Wildman–Crippen LogP) is 3.33. The number of aromatic nitrogens is 1. The number of nitrogens with zero attached hydrogens (tertiary/aromatic N) is 1. The summed E-state index contributed by atoms with van der Waals surface area (Å²) in [7, 11) is 0. The fourth-order valence-electron chi connectivity index (χ4n) is 5.40. The Kier molecular flexibility index (Phi) is 3.32. The molecule has 0 radical (unpaired) electrons. The molecular formula is C17H24N2OS. The van der Waals surface area contributed by atoms with Gasteiger partial charge in [-0.05, 0) is 63.2 Å². The van der Waals surface area contributed by atoms with Gasteiger partial charge in [0.25, 0.3) is 0 Å². The molecule has 1 aromatic heterocycles. The molecule has 1 aromatic rings. The molecule has 0 unspecified atom stereocenters. The number of nitrogens with one attached hydrogen (secondary N) is 1. The largest absolute Gasteiger partial charge is 0.355 e. The summed E-state index contributed by atoms with van der Waals surface area (Å²) < 4.78 is 0. The van der Waals surface area contributed by atoms with E-state index in [0.717, 1.165) is 55.0 Å². The van der Waals surface area contributed by atoms with Crippen LogP contribution in [0.4, 0.5) is 0 Å². The Bertz CT molecular complexity index is 515. The maximum Gasteiger partial charge on any atom is 0.226 e. The lowest BCUT2D eigenvalue weighted by Crippen LogP contribution is -2.53. The van der Waals surface area contributed by atoms with Crippen molar-refractivity contribution in [1.29, 1.82) is 0 Å². The van der Waals surface area contributed by atoms with Crippen molar-refractivity contribution in [2.24, 2.45) is 23.2 Å². The van der Waals surface area contributed by atoms with Crippen LogP contribution in [0.25, 0.3) is 0 Å². The number of aryl methyl sites for hydroxylation is 1. The maximum absolute atomic E-state index is 12.8. The van der Waals surface area contributed by atoms with E-state index in [1.807, 2.05) is 13.1 Å². The monoisotopic (exact) mass is 304 g/mol. The average molecular weight is 304 g/mol. The third-order valence-electron chi connectivity index (χ3n) is 5.85. The van der Waals surface area contributed by atoms with Crippen LogP contribution < -0.4 is 5.32 Å². The zero-order chi connectivity index (χ0) is 14.4. The number of hydrogen-bond acceptors (Lipinski definition) is 3. The van der Waals surface area contributed by atoms with E-state index in [2.05, 4.69) is 10.3 Å². The molecule has 0 atom stereocenters. The van der Waals surface area contributed by atoms with Crippen molar-refractivity contribution in [3.05, 3.63) is 16.1 Å². The molecule has 1 amide bonds. The number of hydrogen-bond donors (Lipinski definition) is 1. The van der Waals surface area contributed by atoms with E-state index >= 15 is 0 Å². The van der Waals surface area contributed by atoms with Gasteiger partial charge in [-0.15, -0.1) is 11.3 Å². The smallest absolute Gasteiger partial charge is 0.226 e. The molecule has 1 heterocycles. The summed E-state index contributed by atoms with van der Waals surface area (Å²) in [5.74, 6) is 2.87. The lowest BCUT2D eigenvalue weighted by molar-refractivity contribution is -0.146. The molecule has 4 aliphatic rings. The van der Waals surface area contributed by atoms with Crippen LogP contribution in [0.2, 0.25) is 0 Å². The molecule has 4 bridgehead atoms. The fraction of sp³-hybridized carbons (Fsp3) is 0.765. The normalized spacial score (nSPS) is 36.9. The van der Waals surface area contributed by atoms with Gasteiger partial charge in [0.05, 0.1) is 5.01 Å². The first-order valence-electron chi connectivity index (χ1n) is 8.32. The van der Waals surface area contributed by atoms with Gasteiger partial charge >= 0.3 is 0 Å². The summed E-state index contributed by atoms with van der Waals surface area (Å²) in [6, 6.07) is 0. The van der Waals surface area contributed by atoms with Crippen molar-refractivity contribution >= 4 is 17.2 Å². The van der Waals surface area contributed by atoms with E-state index in [0.29, 0.717) is 5.91 Å². The Morgan fingerprint density at radius 3 is 2.43 bits per heavy atom. The second-order valence-electron chi connectivity index (χ2n) is 7.55. The van der Waals surface area contributed by atoms with Crippen LogP contribution in [0.5, 0.6) is 0 Å². The van der Waals surface area contributed by atoms with Crippen LogP contribution in [0, 0.1) is 30.1 Å². The molecule has 4 aliphatic carbocycles. The number of carbonyl (C=O) groups is 1. The Hall–Kier alpha value is -0.900. The SMILES string of the molecule is Cc1ncc(CCNC(=O)C23CC4CC(CC(C4)C2)C3)s1. The molecule has 21 heavy (non-hydrogen) atoms. The first-order valence-corrected chi connectivity index (χ1v) is 9.14. The predicted molar refractivity (Wildman–Crippen MR) is 84.2 cm³/mol. The van der Waals surface area contributed by atoms with Crippen molar-refractivity contribution < 1.29 is 4.79 Å². The maximum atomic E-state index is 12.8. The van der Waals surface area contributed by atoms with Crippen LogP contribution in [0.3, 0.4) is 0 Å². The molecule has 4 fully saturated rings. The van der Waals surface area contributed by atoms with Crippen molar-refractivity contribution in [2.45, 2.75) is 51.9 Å². The average Bonchev–Trinajstić information content (AvgIpc) is 2.83. The summed E-state index contributed by atoms with van der Waals surface area (Å²) in [4.78, 5) is 18.3. The van der Waals surface area contributed by atoms with Gasteiger partial charge in [-0.3, -0.25) is 4.79 Å². The molecule has 5 rings (SSSR count). The van der Waals surface area contributed by atoms with Crippen molar-refractivity contribution in [3.63, 3.8) is 0 Å². The summed E-state index contributed by atoms with van der Waals surface area (Å²) in [5.41, 5.74) is -0.00162. The molecule has 4 saturated carbocycles. The summed E-state index contributed by atoms with van der Waals surface area (Å²) in [6.07, 6.45) is 10.5. The lowest BCUT2D eigenvalue weighted by Gasteiger charge is -2.55. The quantitative estimate of drug-likeness (QED) is 0.927. The zero-order valence-corrected chi connectivity index (χ0v) is 13.5. The highest BCUT2D eigenvalue weighted by Crippen LogP contribution is 2.60. The van der Waals surface area contributed by atoms with E-state index in [-0.39, 0.29) is 5.41 Å². The summed E-state index contributed by atoms with van der Waals surface area (Å²) in [5, 5.41) is 4.35. The van der Waals surface area contributed by atoms with E-state index < -0.39 is 0 Å². The van der Waals surface area contributed by atoms with Crippen LogP contribution in [0.15, 0.2) is 6.20 Å². The zero-order valence-electron chi connectivity index (χ0n) is 12.7. The minimum Gasteiger partial charge on any atom is -0.355 e. The van der Waals surface area contributed by atoms with Crippen molar-refractivity contribution in [2.75, 3.05) is 6.54 Å². The van der Waals surface area contributed by atoms with Crippen LogP contribution >= 0.6 is 11.3 Å². The highest BCUT2D eigenvalue weighted by Gasteiger charge is 2.54. The Labute approximate surface area is 130 Å². The minimum absolute atomic E-state index is 0.00162. The number of thiazole rings is 1. The van der Waals surface area contributed by atoms with Gasteiger partial charge in [0.2, 0.25) is 5.91 Å². The molecule has 0 aliphatic heterocycles. The molecule has 4 heteroatoms. The Morgan fingerprint density at radius 1 is 1.29 bits per heavy atom. The number of rotatable bonds is 4. The molecule has 114 valence electrons. The second kappa shape index (κ2) is 5.08. The number of amides is 1. The Balaban J connectivity index is 1.36. The highest BCUT2D eigenvalue weighted by atomic mass is 32.1. The van der Waals surface area contributed by atoms with Gasteiger partial charge in [0.15, 0.2) is 0 Å². The van der Waals surface area contributed by atoms with Crippen LogP contribution in [-0.2, 0) is 11.2 Å². The van der Waals surface area contributed by atoms with Crippen molar-refractivity contribution in [3.8, 4) is 0 Å². The number of carbonyl (C=O) groups excluding carboxylic acids is 1. The Morgan fingerprint density at radius 2 is 1.90 bits per heavy atom. The van der Waals surface area contributed by atoms with E-state index in [4.69, 9.17) is 0 Å². The minimum atomic E-state index is -0.00162. The summed E-state index contributed by atoms with van der Waals surface area (Å²) >= 11 is 1.74. The molecule has 0 aromatic carbocycles. The van der Waals surface area contributed by atoms with Crippen LogP contribution in [0.1, 0.15) is 48.4 Å². The standard InChI is InChI=1S/C17H24N2OS/c1-11-19-10-15(21-11)2-3-18-16(20)17-7-12-4-13(8-17)6-14(5-12)9-17/h10,12-14H,2-9H2,1H3,(H,18,20). The first kappa shape index (κ1) is 13.7. The molecular weight excluding hydrogens is 280 g/mol. The molecule has 0 spiro atoms. The van der Waals surface area contributed by atoms with Gasteiger partial charge in [-0.2, -0.15) is 0 Å². The van der Waals surface area contributed by atoms with Crippen LogP contribution in [-0.4, -0.2) is 17.4 Å². The fourth-order valence-corrected chi connectivity index (χ4v) is 6.19. The highest BCUT2D eigenvalue weighted by molar-refractivity contribution is 7.11. The van der Waals surface area contributed by atoms with Gasteiger partial charge in [0.1, 0.15) is 0 Å². The molecule has 1 N–H and O–H groups in total. The van der Waals surface area contributed by atoms with E-state index in [9.17, 15) is 4.79 Å². The third-order valence-corrected chi connectivity index (χ3v) is 6.82. The van der Waals surface area contributed by atoms with E-state index in [1.165, 1.54) is 24.1 Å². The van der Waals surface area contributed by atoms with Gasteiger partial charge in [0, 0.05) is 29.5 Å². The van der Waals surface area contributed by atoms with Gasteiger partial charge < -0.3 is 5.32 Å². The molecule has 3 nitrogen and oxygen atoms in total. The molecule has 0 saturated heterocycles. The van der Waals surface area contributed by atoms with Gasteiger partial charge in [-0.25, -0.2) is 4.98 Å². The van der Waals surface area contributed by atoms with Gasteiger partial charge in [-0.1, -0.05) is 0 Å². The lowest BCUT2D eigenvalue weighted by atomic mass is 9.49. The first-order chi connectivity index (χ1) is 10.1.